The molecule has 0 unspecified atom stereocenters. The van der Waals surface area contributed by atoms with Gasteiger partial charge < -0.3 is 10.2 Å². The van der Waals surface area contributed by atoms with E-state index >= 15 is 0 Å². The Morgan fingerprint density at radius 1 is 1.06 bits per heavy atom. The number of benzene rings is 1. The van der Waals surface area contributed by atoms with Crippen molar-refractivity contribution in [2.24, 2.45) is 0 Å². The number of hydrogen-bond donors (Lipinski definition) is 1. The average molecular weight is 246 g/mol. The molecular weight excluding hydrogens is 220 g/mol. The lowest BCUT2D eigenvalue weighted by Gasteiger charge is -2.27. The highest BCUT2D eigenvalue weighted by Gasteiger charge is 2.08. The average Bonchev–Trinajstić information content (AvgIpc) is 2.40. The minimum atomic E-state index is 1.16. The van der Waals surface area contributed by atoms with E-state index in [-0.39, 0.29) is 0 Å². The van der Waals surface area contributed by atoms with Crippen LogP contribution in [0.3, 0.4) is 0 Å². The van der Waals surface area contributed by atoms with E-state index in [2.05, 4.69) is 42.3 Å². The standard InChI is InChI=1S/C16H26N2/c1-14-6-7-16(13-15(14)2)5-3-4-10-18-11-8-17-9-12-18/h6-7,13,17H,3-5,8-12H2,1-2H3. The van der Waals surface area contributed by atoms with E-state index < -0.39 is 0 Å². The van der Waals surface area contributed by atoms with Crippen molar-refractivity contribution in [3.63, 3.8) is 0 Å². The first-order valence-corrected chi connectivity index (χ1v) is 7.25. The normalized spacial score (nSPS) is 17.0. The van der Waals surface area contributed by atoms with Crippen LogP contribution >= 0.6 is 0 Å². The van der Waals surface area contributed by atoms with Gasteiger partial charge in [-0.05, 0) is 56.3 Å². The van der Waals surface area contributed by atoms with Crippen LogP contribution in [-0.2, 0) is 6.42 Å². The molecule has 2 nitrogen and oxygen atoms in total. The van der Waals surface area contributed by atoms with Crippen LogP contribution < -0.4 is 5.32 Å². The van der Waals surface area contributed by atoms with E-state index in [1.165, 1.54) is 55.6 Å². The van der Waals surface area contributed by atoms with Crippen molar-refractivity contribution < 1.29 is 0 Å². The fourth-order valence-electron chi connectivity index (χ4n) is 2.56. The van der Waals surface area contributed by atoms with Gasteiger partial charge in [-0.2, -0.15) is 0 Å². The molecule has 100 valence electrons. The van der Waals surface area contributed by atoms with Gasteiger partial charge in [-0.3, -0.25) is 0 Å². The Kier molecular flexibility index (Phi) is 5.21. The van der Waals surface area contributed by atoms with Crippen LogP contribution in [0.5, 0.6) is 0 Å². The molecule has 0 spiro atoms. The molecule has 0 bridgehead atoms. The quantitative estimate of drug-likeness (QED) is 0.803. The molecule has 1 aromatic carbocycles. The summed E-state index contributed by atoms with van der Waals surface area (Å²) in [5.74, 6) is 0. The van der Waals surface area contributed by atoms with Crippen LogP contribution in [0.4, 0.5) is 0 Å². The zero-order valence-corrected chi connectivity index (χ0v) is 11.8. The second kappa shape index (κ2) is 6.91. The van der Waals surface area contributed by atoms with Gasteiger partial charge in [-0.25, -0.2) is 0 Å². The van der Waals surface area contributed by atoms with Crippen LogP contribution in [0.1, 0.15) is 29.5 Å². The van der Waals surface area contributed by atoms with E-state index in [0.717, 1.165) is 13.1 Å². The predicted molar refractivity (Wildman–Crippen MR) is 78.2 cm³/mol. The van der Waals surface area contributed by atoms with Crippen molar-refractivity contribution in [1.82, 2.24) is 10.2 Å². The lowest BCUT2D eigenvalue weighted by Crippen LogP contribution is -2.43. The molecule has 0 amide bonds. The maximum Gasteiger partial charge on any atom is 0.0107 e. The summed E-state index contributed by atoms with van der Waals surface area (Å²) in [7, 11) is 0. The first-order valence-electron chi connectivity index (χ1n) is 7.25. The number of aryl methyl sites for hydroxylation is 3. The third-order valence-corrected chi connectivity index (χ3v) is 3.97. The second-order valence-electron chi connectivity index (χ2n) is 5.47. The third kappa shape index (κ3) is 4.11. The Hall–Kier alpha value is -0.860. The van der Waals surface area contributed by atoms with E-state index in [1.54, 1.807) is 0 Å². The van der Waals surface area contributed by atoms with Gasteiger partial charge in [0.2, 0.25) is 0 Å². The minimum absolute atomic E-state index is 1.16. The topological polar surface area (TPSA) is 15.3 Å². The Labute approximate surface area is 111 Å². The number of nitrogens with one attached hydrogen (secondary N) is 1. The van der Waals surface area contributed by atoms with Gasteiger partial charge in [0.05, 0.1) is 0 Å². The molecule has 0 radical (unpaired) electrons. The van der Waals surface area contributed by atoms with Gasteiger partial charge in [0, 0.05) is 26.2 Å². The largest absolute Gasteiger partial charge is 0.314 e. The summed E-state index contributed by atoms with van der Waals surface area (Å²) in [4.78, 5) is 2.58. The van der Waals surface area contributed by atoms with E-state index in [9.17, 15) is 0 Å². The summed E-state index contributed by atoms with van der Waals surface area (Å²) in [5, 5.41) is 3.40. The van der Waals surface area contributed by atoms with Crippen molar-refractivity contribution in [2.75, 3.05) is 32.7 Å². The Balaban J connectivity index is 1.66. The zero-order valence-electron chi connectivity index (χ0n) is 11.8. The Bertz CT molecular complexity index is 367. The van der Waals surface area contributed by atoms with Crippen LogP contribution in [-0.4, -0.2) is 37.6 Å². The van der Waals surface area contributed by atoms with E-state index in [4.69, 9.17) is 0 Å². The first kappa shape index (κ1) is 13.6. The summed E-state index contributed by atoms with van der Waals surface area (Å²) in [6, 6.07) is 6.88. The highest BCUT2D eigenvalue weighted by molar-refractivity contribution is 5.29. The SMILES string of the molecule is Cc1ccc(CCCCN2CCNCC2)cc1C. The van der Waals surface area contributed by atoms with Crippen molar-refractivity contribution in [2.45, 2.75) is 33.1 Å². The summed E-state index contributed by atoms with van der Waals surface area (Å²) < 4.78 is 0. The van der Waals surface area contributed by atoms with Crippen LogP contribution in [0.25, 0.3) is 0 Å². The van der Waals surface area contributed by atoms with Crippen molar-refractivity contribution in [3.05, 3.63) is 34.9 Å². The zero-order chi connectivity index (χ0) is 12.8. The predicted octanol–water partition coefficient (Wildman–Crippen LogP) is 2.53. The maximum atomic E-state index is 3.40. The fraction of sp³-hybridized carbons (Fsp3) is 0.625. The molecule has 18 heavy (non-hydrogen) atoms. The van der Waals surface area contributed by atoms with Gasteiger partial charge in [0.25, 0.3) is 0 Å². The molecule has 1 fully saturated rings. The molecule has 0 saturated carbocycles. The van der Waals surface area contributed by atoms with E-state index in [0.29, 0.717) is 0 Å². The highest BCUT2D eigenvalue weighted by Crippen LogP contribution is 2.12. The lowest BCUT2D eigenvalue weighted by atomic mass is 10.0. The van der Waals surface area contributed by atoms with Crippen molar-refractivity contribution in [3.8, 4) is 0 Å². The van der Waals surface area contributed by atoms with Gasteiger partial charge in [-0.1, -0.05) is 18.2 Å². The molecule has 1 aliphatic rings. The van der Waals surface area contributed by atoms with Gasteiger partial charge in [-0.15, -0.1) is 0 Å². The molecule has 2 heteroatoms. The Morgan fingerprint density at radius 3 is 2.56 bits per heavy atom. The number of hydrogen-bond acceptors (Lipinski definition) is 2. The van der Waals surface area contributed by atoms with Crippen LogP contribution in [0.15, 0.2) is 18.2 Å². The van der Waals surface area contributed by atoms with Gasteiger partial charge >= 0.3 is 0 Å². The second-order valence-corrected chi connectivity index (χ2v) is 5.47. The van der Waals surface area contributed by atoms with Gasteiger partial charge in [0.1, 0.15) is 0 Å². The third-order valence-electron chi connectivity index (χ3n) is 3.97. The monoisotopic (exact) mass is 246 g/mol. The number of nitrogens with zero attached hydrogens (tertiary/aromatic N) is 1. The molecule has 1 heterocycles. The maximum absolute atomic E-state index is 3.40. The van der Waals surface area contributed by atoms with Crippen LogP contribution in [0, 0.1) is 13.8 Å². The smallest absolute Gasteiger partial charge is 0.0107 e. The lowest BCUT2D eigenvalue weighted by molar-refractivity contribution is 0.237. The number of unbranched alkanes of at least 4 members (excludes halogenated alkanes) is 1. The molecule has 1 N–H and O–H groups in total. The van der Waals surface area contributed by atoms with Crippen LogP contribution in [0.2, 0.25) is 0 Å². The van der Waals surface area contributed by atoms with Crippen molar-refractivity contribution >= 4 is 0 Å². The summed E-state index contributed by atoms with van der Waals surface area (Å²) in [6.45, 7) is 10.4. The number of rotatable bonds is 5. The number of piperazine rings is 1. The molecule has 1 aromatic rings. The summed E-state index contributed by atoms with van der Waals surface area (Å²) in [5.41, 5.74) is 4.33. The fourth-order valence-corrected chi connectivity index (χ4v) is 2.56. The molecule has 1 aliphatic heterocycles. The minimum Gasteiger partial charge on any atom is -0.314 e. The molecular formula is C16H26N2. The summed E-state index contributed by atoms with van der Waals surface area (Å²) in [6.07, 6.45) is 3.87. The summed E-state index contributed by atoms with van der Waals surface area (Å²) >= 11 is 0. The first-order chi connectivity index (χ1) is 8.75. The van der Waals surface area contributed by atoms with Crippen molar-refractivity contribution in [1.29, 1.82) is 0 Å². The molecule has 1 saturated heterocycles. The molecule has 0 aliphatic carbocycles. The Morgan fingerprint density at radius 2 is 1.83 bits per heavy atom. The molecule has 0 aromatic heterocycles. The van der Waals surface area contributed by atoms with Gasteiger partial charge in [0.15, 0.2) is 0 Å². The highest BCUT2D eigenvalue weighted by atomic mass is 15.2. The molecule has 2 rings (SSSR count). The molecule has 0 atom stereocenters. The van der Waals surface area contributed by atoms with E-state index in [1.807, 2.05) is 0 Å².